The number of ether oxygens (including phenoxy) is 1. The maximum absolute atomic E-state index is 13.1. The SMILES string of the molecule is CCCCc1c(O)nc(SCCN2CCOCC2)n(-c2ccccc2)c1=O.Cl. The highest BCUT2D eigenvalue weighted by atomic mass is 35.5. The summed E-state index contributed by atoms with van der Waals surface area (Å²) < 4.78 is 7.01. The van der Waals surface area contributed by atoms with Gasteiger partial charge in [-0.3, -0.25) is 14.3 Å². The lowest BCUT2D eigenvalue weighted by Crippen LogP contribution is -2.37. The number of hydrogen-bond donors (Lipinski definition) is 1. The molecule has 0 unspecified atom stereocenters. The minimum absolute atomic E-state index is 0. The van der Waals surface area contributed by atoms with Gasteiger partial charge in [0.15, 0.2) is 5.16 Å². The van der Waals surface area contributed by atoms with Crippen LogP contribution in [0, 0.1) is 0 Å². The number of unbranched alkanes of at least 4 members (excludes halogenated alkanes) is 1. The summed E-state index contributed by atoms with van der Waals surface area (Å²) in [6.45, 7) is 6.36. The molecule has 28 heavy (non-hydrogen) atoms. The first kappa shape index (κ1) is 22.7. The molecular weight excluding hydrogens is 398 g/mol. The number of aromatic nitrogens is 2. The Hall–Kier alpha value is -1.54. The zero-order valence-electron chi connectivity index (χ0n) is 16.2. The summed E-state index contributed by atoms with van der Waals surface area (Å²) in [6, 6.07) is 9.53. The fourth-order valence-electron chi connectivity index (χ4n) is 3.09. The summed E-state index contributed by atoms with van der Waals surface area (Å²) in [5.74, 6) is 0.669. The third kappa shape index (κ3) is 5.73. The van der Waals surface area contributed by atoms with E-state index in [1.807, 2.05) is 30.3 Å². The maximum Gasteiger partial charge on any atom is 0.265 e. The number of nitrogens with zero attached hydrogens (tertiary/aromatic N) is 3. The van der Waals surface area contributed by atoms with Crippen molar-refractivity contribution in [2.45, 2.75) is 31.3 Å². The highest BCUT2D eigenvalue weighted by molar-refractivity contribution is 7.99. The number of aromatic hydroxyl groups is 1. The molecule has 2 aromatic rings. The predicted molar refractivity (Wildman–Crippen MR) is 115 cm³/mol. The Labute approximate surface area is 176 Å². The molecule has 1 fully saturated rings. The first-order valence-electron chi connectivity index (χ1n) is 9.54. The molecule has 1 aliphatic heterocycles. The van der Waals surface area contributed by atoms with E-state index in [0.29, 0.717) is 17.1 Å². The number of halogens is 1. The van der Waals surface area contributed by atoms with E-state index in [4.69, 9.17) is 4.74 Å². The van der Waals surface area contributed by atoms with Crippen LogP contribution >= 0.6 is 24.2 Å². The summed E-state index contributed by atoms with van der Waals surface area (Å²) in [5, 5.41) is 10.9. The van der Waals surface area contributed by atoms with E-state index in [-0.39, 0.29) is 23.8 Å². The minimum atomic E-state index is -0.170. The van der Waals surface area contributed by atoms with E-state index >= 15 is 0 Å². The number of rotatable bonds is 8. The van der Waals surface area contributed by atoms with Gasteiger partial charge in [0.1, 0.15) is 0 Å². The average Bonchev–Trinajstić information content (AvgIpc) is 2.69. The zero-order chi connectivity index (χ0) is 19.1. The molecule has 3 rings (SSSR count). The van der Waals surface area contributed by atoms with Crippen molar-refractivity contribution in [2.24, 2.45) is 0 Å². The van der Waals surface area contributed by atoms with E-state index in [9.17, 15) is 9.90 Å². The van der Waals surface area contributed by atoms with Crippen molar-refractivity contribution >= 4 is 24.2 Å². The van der Waals surface area contributed by atoms with Gasteiger partial charge in [0.05, 0.1) is 24.5 Å². The van der Waals surface area contributed by atoms with Crippen molar-refractivity contribution in [3.63, 3.8) is 0 Å². The standard InChI is InChI=1S/C20H27N3O3S.ClH/c1-2-3-9-17-18(24)21-20(27-15-12-22-10-13-26-14-11-22)23(19(17)25)16-7-5-4-6-8-16;/h4-8,24H,2-3,9-15H2,1H3;1H. The van der Waals surface area contributed by atoms with Crippen molar-refractivity contribution < 1.29 is 9.84 Å². The Morgan fingerprint density at radius 2 is 1.93 bits per heavy atom. The maximum atomic E-state index is 13.1. The predicted octanol–water partition coefficient (Wildman–Crippen LogP) is 3.13. The smallest absolute Gasteiger partial charge is 0.265 e. The van der Waals surface area contributed by atoms with Gasteiger partial charge >= 0.3 is 0 Å². The molecule has 6 nitrogen and oxygen atoms in total. The van der Waals surface area contributed by atoms with Crippen molar-refractivity contribution in [2.75, 3.05) is 38.6 Å². The summed E-state index contributed by atoms with van der Waals surface area (Å²) in [4.78, 5) is 19.8. The van der Waals surface area contributed by atoms with Crippen molar-refractivity contribution in [1.82, 2.24) is 14.5 Å². The third-order valence-corrected chi connectivity index (χ3v) is 5.58. The molecule has 0 bridgehead atoms. The highest BCUT2D eigenvalue weighted by Gasteiger charge is 2.18. The Balaban J connectivity index is 0.00000280. The minimum Gasteiger partial charge on any atom is -0.493 e. The lowest BCUT2D eigenvalue weighted by atomic mass is 10.1. The van der Waals surface area contributed by atoms with Crippen LogP contribution < -0.4 is 5.56 Å². The second-order valence-corrected chi connectivity index (χ2v) is 7.64. The number of para-hydroxylation sites is 1. The second kappa shape index (κ2) is 11.5. The molecule has 1 aromatic heterocycles. The van der Waals surface area contributed by atoms with E-state index < -0.39 is 0 Å². The van der Waals surface area contributed by atoms with Crippen LogP contribution in [-0.4, -0.2) is 58.2 Å². The van der Waals surface area contributed by atoms with Gasteiger partial charge in [0.25, 0.3) is 5.56 Å². The molecule has 8 heteroatoms. The van der Waals surface area contributed by atoms with Gasteiger partial charge in [-0.15, -0.1) is 12.4 Å². The van der Waals surface area contributed by atoms with Crippen LogP contribution in [0.2, 0.25) is 0 Å². The third-order valence-electron chi connectivity index (χ3n) is 4.66. The molecule has 0 aliphatic carbocycles. The van der Waals surface area contributed by atoms with E-state index in [2.05, 4.69) is 16.8 Å². The average molecular weight is 426 g/mol. The lowest BCUT2D eigenvalue weighted by molar-refractivity contribution is 0.0410. The van der Waals surface area contributed by atoms with Gasteiger partial charge in [-0.25, -0.2) is 0 Å². The summed E-state index contributed by atoms with van der Waals surface area (Å²) in [6.07, 6.45) is 2.35. The quantitative estimate of drug-likeness (QED) is 0.517. The molecule has 0 amide bonds. The molecule has 154 valence electrons. The van der Waals surface area contributed by atoms with E-state index in [1.165, 1.54) is 11.8 Å². The van der Waals surface area contributed by atoms with Gasteiger partial charge in [-0.1, -0.05) is 43.3 Å². The van der Waals surface area contributed by atoms with Crippen molar-refractivity contribution in [1.29, 1.82) is 0 Å². The molecule has 1 aromatic carbocycles. The Bertz CT molecular complexity index is 795. The van der Waals surface area contributed by atoms with Crippen LogP contribution in [0.3, 0.4) is 0 Å². The molecule has 0 atom stereocenters. The van der Waals surface area contributed by atoms with Gasteiger partial charge in [-0.05, 0) is 25.0 Å². The highest BCUT2D eigenvalue weighted by Crippen LogP contribution is 2.23. The molecular formula is C20H28ClN3O3S. The molecule has 0 spiro atoms. The second-order valence-electron chi connectivity index (χ2n) is 6.58. The fourth-order valence-corrected chi connectivity index (χ4v) is 4.09. The largest absolute Gasteiger partial charge is 0.493 e. The molecule has 0 saturated carbocycles. The molecule has 1 aliphatic rings. The molecule has 1 saturated heterocycles. The fraction of sp³-hybridized carbons (Fsp3) is 0.500. The first-order valence-corrected chi connectivity index (χ1v) is 10.5. The van der Waals surface area contributed by atoms with Crippen molar-refractivity contribution in [3.8, 4) is 11.6 Å². The molecule has 0 radical (unpaired) electrons. The van der Waals surface area contributed by atoms with Crippen molar-refractivity contribution in [3.05, 3.63) is 46.2 Å². The monoisotopic (exact) mass is 425 g/mol. The molecule has 1 N–H and O–H groups in total. The Kier molecular flexibility index (Phi) is 9.31. The van der Waals surface area contributed by atoms with Crippen LogP contribution in [0.15, 0.2) is 40.3 Å². The van der Waals surface area contributed by atoms with Gasteiger partial charge in [0.2, 0.25) is 5.88 Å². The Morgan fingerprint density at radius 1 is 1.21 bits per heavy atom. The van der Waals surface area contributed by atoms with Crippen LogP contribution in [0.4, 0.5) is 0 Å². The lowest BCUT2D eigenvalue weighted by Gasteiger charge is -2.26. The number of benzene rings is 1. The summed E-state index contributed by atoms with van der Waals surface area (Å²) in [5.41, 5.74) is 1.01. The van der Waals surface area contributed by atoms with Gasteiger partial charge in [-0.2, -0.15) is 4.98 Å². The van der Waals surface area contributed by atoms with Gasteiger partial charge in [0, 0.05) is 25.4 Å². The topological polar surface area (TPSA) is 67.6 Å². The van der Waals surface area contributed by atoms with Crippen LogP contribution in [-0.2, 0) is 11.2 Å². The number of thioether (sulfide) groups is 1. The number of hydrogen-bond acceptors (Lipinski definition) is 6. The Morgan fingerprint density at radius 3 is 2.61 bits per heavy atom. The van der Waals surface area contributed by atoms with Crippen LogP contribution in [0.1, 0.15) is 25.3 Å². The van der Waals surface area contributed by atoms with Crippen LogP contribution in [0.25, 0.3) is 5.69 Å². The molecule has 2 heterocycles. The van der Waals surface area contributed by atoms with Crippen LogP contribution in [0.5, 0.6) is 5.88 Å². The normalized spacial score (nSPS) is 14.6. The van der Waals surface area contributed by atoms with E-state index in [0.717, 1.165) is 57.1 Å². The zero-order valence-corrected chi connectivity index (χ0v) is 17.8. The van der Waals surface area contributed by atoms with Gasteiger partial charge < -0.3 is 9.84 Å². The summed E-state index contributed by atoms with van der Waals surface area (Å²) in [7, 11) is 0. The summed E-state index contributed by atoms with van der Waals surface area (Å²) >= 11 is 1.51. The van der Waals surface area contributed by atoms with E-state index in [1.54, 1.807) is 4.57 Å². The first-order chi connectivity index (χ1) is 13.2. The number of morpholine rings is 1.